The first-order chi connectivity index (χ1) is 8.20. The van der Waals surface area contributed by atoms with Crippen LogP contribution in [0.3, 0.4) is 0 Å². The van der Waals surface area contributed by atoms with Crippen molar-refractivity contribution in [2.45, 2.75) is 51.6 Å². The molecule has 3 heteroatoms. The van der Waals surface area contributed by atoms with Gasteiger partial charge in [0.25, 0.3) is 0 Å². The molecule has 0 saturated heterocycles. The molecule has 1 heterocycles. The second-order valence-electron chi connectivity index (χ2n) is 4.99. The third-order valence-electron chi connectivity index (χ3n) is 3.69. The Morgan fingerprint density at radius 2 is 2.00 bits per heavy atom. The van der Waals surface area contributed by atoms with Crippen molar-refractivity contribution < 1.29 is 0 Å². The number of hydrogen-bond acceptors (Lipinski definition) is 3. The Hall–Kier alpha value is -1.09. The summed E-state index contributed by atoms with van der Waals surface area (Å²) < 4.78 is 0. The van der Waals surface area contributed by atoms with Crippen LogP contribution in [-0.4, -0.2) is 23.6 Å². The first-order valence-corrected chi connectivity index (χ1v) is 6.66. The number of rotatable bonds is 3. The maximum atomic E-state index is 5.97. The van der Waals surface area contributed by atoms with Crippen LogP contribution in [0.1, 0.15) is 38.3 Å². The highest BCUT2D eigenvalue weighted by atomic mass is 15.2. The van der Waals surface area contributed by atoms with Crippen LogP contribution < -0.4 is 10.6 Å². The molecule has 3 nitrogen and oxygen atoms in total. The fourth-order valence-corrected chi connectivity index (χ4v) is 2.71. The van der Waals surface area contributed by atoms with Gasteiger partial charge in [-0.25, -0.2) is 4.98 Å². The Morgan fingerprint density at radius 3 is 2.59 bits per heavy atom. The van der Waals surface area contributed by atoms with Crippen LogP contribution in [0.15, 0.2) is 18.2 Å². The van der Waals surface area contributed by atoms with Crippen molar-refractivity contribution in [3.05, 3.63) is 23.9 Å². The van der Waals surface area contributed by atoms with E-state index in [-0.39, 0.29) is 0 Å². The standard InChI is InChI=1S/C14H23N3/c1-3-17(13-9-7-12(15)8-10-13)14-6-4-5-11(2)16-14/h4-6,12-13H,3,7-10,15H2,1-2H3. The lowest BCUT2D eigenvalue weighted by atomic mass is 9.90. The largest absolute Gasteiger partial charge is 0.354 e. The van der Waals surface area contributed by atoms with Gasteiger partial charge in [-0.05, 0) is 51.7 Å². The molecule has 1 saturated carbocycles. The van der Waals surface area contributed by atoms with E-state index < -0.39 is 0 Å². The van der Waals surface area contributed by atoms with E-state index in [4.69, 9.17) is 5.73 Å². The van der Waals surface area contributed by atoms with E-state index in [2.05, 4.69) is 28.9 Å². The topological polar surface area (TPSA) is 42.2 Å². The van der Waals surface area contributed by atoms with Crippen molar-refractivity contribution in [1.82, 2.24) is 4.98 Å². The zero-order valence-corrected chi connectivity index (χ0v) is 10.9. The molecule has 0 aliphatic heterocycles. The van der Waals surface area contributed by atoms with E-state index in [9.17, 15) is 0 Å². The Kier molecular flexibility index (Phi) is 4.00. The molecule has 0 aromatic carbocycles. The molecule has 1 aromatic rings. The number of aromatic nitrogens is 1. The van der Waals surface area contributed by atoms with E-state index in [1.165, 1.54) is 12.8 Å². The van der Waals surface area contributed by atoms with Crippen LogP contribution in [0.2, 0.25) is 0 Å². The van der Waals surface area contributed by atoms with E-state index in [1.54, 1.807) is 0 Å². The maximum absolute atomic E-state index is 5.97. The first-order valence-electron chi connectivity index (χ1n) is 6.66. The smallest absolute Gasteiger partial charge is 0.129 e. The van der Waals surface area contributed by atoms with Crippen molar-refractivity contribution >= 4 is 5.82 Å². The second kappa shape index (κ2) is 5.50. The zero-order chi connectivity index (χ0) is 12.3. The number of aryl methyl sites for hydroxylation is 1. The number of nitrogens with two attached hydrogens (primary N) is 1. The van der Waals surface area contributed by atoms with Crippen molar-refractivity contribution in [1.29, 1.82) is 0 Å². The molecule has 2 rings (SSSR count). The quantitative estimate of drug-likeness (QED) is 0.872. The van der Waals surface area contributed by atoms with Gasteiger partial charge in [0.1, 0.15) is 5.82 Å². The molecule has 94 valence electrons. The van der Waals surface area contributed by atoms with Crippen molar-refractivity contribution in [2.24, 2.45) is 5.73 Å². The molecule has 0 bridgehead atoms. The molecule has 0 unspecified atom stereocenters. The summed E-state index contributed by atoms with van der Waals surface area (Å²) in [6, 6.07) is 7.29. The average molecular weight is 233 g/mol. The van der Waals surface area contributed by atoms with Gasteiger partial charge in [0.05, 0.1) is 0 Å². The van der Waals surface area contributed by atoms with Gasteiger partial charge in [0.2, 0.25) is 0 Å². The van der Waals surface area contributed by atoms with Gasteiger partial charge in [-0.2, -0.15) is 0 Å². The molecule has 0 spiro atoms. The molecule has 1 aliphatic carbocycles. The number of anilines is 1. The summed E-state index contributed by atoms with van der Waals surface area (Å²) in [7, 11) is 0. The first kappa shape index (κ1) is 12.4. The minimum Gasteiger partial charge on any atom is -0.354 e. The van der Waals surface area contributed by atoms with Crippen molar-refractivity contribution in [2.75, 3.05) is 11.4 Å². The van der Waals surface area contributed by atoms with E-state index in [1.807, 2.05) is 13.0 Å². The Labute approximate surface area is 104 Å². The lowest BCUT2D eigenvalue weighted by molar-refractivity contribution is 0.377. The fraction of sp³-hybridized carbons (Fsp3) is 0.643. The van der Waals surface area contributed by atoms with E-state index in [0.29, 0.717) is 12.1 Å². The molecular formula is C14H23N3. The SMILES string of the molecule is CCN(c1cccc(C)n1)C1CCC(N)CC1. The van der Waals surface area contributed by atoms with Gasteiger partial charge in [-0.15, -0.1) is 0 Å². The molecule has 0 radical (unpaired) electrons. The van der Waals surface area contributed by atoms with Crippen LogP contribution in [-0.2, 0) is 0 Å². The highest BCUT2D eigenvalue weighted by Crippen LogP contribution is 2.25. The van der Waals surface area contributed by atoms with E-state index >= 15 is 0 Å². The second-order valence-corrected chi connectivity index (χ2v) is 4.99. The summed E-state index contributed by atoms with van der Waals surface area (Å²) in [6.45, 7) is 5.28. The summed E-state index contributed by atoms with van der Waals surface area (Å²) in [5, 5.41) is 0. The van der Waals surface area contributed by atoms with Gasteiger partial charge < -0.3 is 10.6 Å². The zero-order valence-electron chi connectivity index (χ0n) is 10.9. The molecule has 0 amide bonds. The predicted molar refractivity (Wildman–Crippen MR) is 72.2 cm³/mol. The normalized spacial score (nSPS) is 24.6. The third-order valence-corrected chi connectivity index (χ3v) is 3.69. The lowest BCUT2D eigenvalue weighted by Gasteiger charge is -2.36. The molecule has 1 fully saturated rings. The molecular weight excluding hydrogens is 210 g/mol. The summed E-state index contributed by atoms with van der Waals surface area (Å²) >= 11 is 0. The Balaban J connectivity index is 2.10. The van der Waals surface area contributed by atoms with Crippen LogP contribution in [0.4, 0.5) is 5.82 Å². The van der Waals surface area contributed by atoms with Crippen LogP contribution in [0.5, 0.6) is 0 Å². The van der Waals surface area contributed by atoms with Crippen molar-refractivity contribution in [3.63, 3.8) is 0 Å². The van der Waals surface area contributed by atoms with Crippen LogP contribution in [0.25, 0.3) is 0 Å². The minimum absolute atomic E-state index is 0.412. The lowest BCUT2D eigenvalue weighted by Crippen LogP contribution is -2.41. The predicted octanol–water partition coefficient (Wildman–Crippen LogP) is 2.49. The summed E-state index contributed by atoms with van der Waals surface area (Å²) in [5.41, 5.74) is 7.06. The maximum Gasteiger partial charge on any atom is 0.129 e. The van der Waals surface area contributed by atoms with Crippen LogP contribution in [0, 0.1) is 6.92 Å². The molecule has 1 aliphatic rings. The van der Waals surface area contributed by atoms with Gasteiger partial charge in [-0.3, -0.25) is 0 Å². The van der Waals surface area contributed by atoms with Crippen LogP contribution >= 0.6 is 0 Å². The Morgan fingerprint density at radius 1 is 1.29 bits per heavy atom. The van der Waals surface area contributed by atoms with Gasteiger partial charge >= 0.3 is 0 Å². The van der Waals surface area contributed by atoms with E-state index in [0.717, 1.165) is 30.9 Å². The third kappa shape index (κ3) is 2.97. The Bertz CT molecular complexity index is 356. The number of hydrogen-bond donors (Lipinski definition) is 1. The highest BCUT2D eigenvalue weighted by Gasteiger charge is 2.24. The van der Waals surface area contributed by atoms with Crippen molar-refractivity contribution in [3.8, 4) is 0 Å². The molecule has 2 N–H and O–H groups in total. The monoisotopic (exact) mass is 233 g/mol. The molecule has 17 heavy (non-hydrogen) atoms. The summed E-state index contributed by atoms with van der Waals surface area (Å²) in [4.78, 5) is 7.06. The van der Waals surface area contributed by atoms with Gasteiger partial charge in [0.15, 0.2) is 0 Å². The summed E-state index contributed by atoms with van der Waals surface area (Å²) in [5.74, 6) is 1.12. The molecule has 1 aromatic heterocycles. The summed E-state index contributed by atoms with van der Waals surface area (Å²) in [6.07, 6.45) is 4.69. The van der Waals surface area contributed by atoms with Gasteiger partial charge in [0, 0.05) is 24.3 Å². The number of nitrogens with zero attached hydrogens (tertiary/aromatic N) is 2. The average Bonchev–Trinajstić information content (AvgIpc) is 2.33. The number of pyridine rings is 1. The highest BCUT2D eigenvalue weighted by molar-refractivity contribution is 5.40. The molecule has 0 atom stereocenters. The minimum atomic E-state index is 0.412. The fourth-order valence-electron chi connectivity index (χ4n) is 2.71. The van der Waals surface area contributed by atoms with Gasteiger partial charge in [-0.1, -0.05) is 6.07 Å².